The van der Waals surface area contributed by atoms with Crippen molar-refractivity contribution in [3.63, 3.8) is 0 Å². The molecule has 2 atom stereocenters. The number of carbonyl (C=O) groups excluding carboxylic acids is 1. The summed E-state index contributed by atoms with van der Waals surface area (Å²) in [6.07, 6.45) is 2.30. The number of allylic oxidation sites excluding steroid dienone is 1. The molecule has 2 heterocycles. The number of ether oxygens (including phenoxy) is 1. The van der Waals surface area contributed by atoms with Crippen LogP contribution in [0, 0.1) is 18.3 Å². The Morgan fingerprint density at radius 3 is 2.02 bits per heavy atom. The largest absolute Gasteiger partial charge is 0.492 e. The normalized spacial score (nSPS) is 22.3. The zero-order valence-electron chi connectivity index (χ0n) is 28.9. The molecule has 47 heavy (non-hydrogen) atoms. The summed E-state index contributed by atoms with van der Waals surface area (Å²) in [7, 11) is -6.87. The fourth-order valence-electron chi connectivity index (χ4n) is 9.65. The lowest BCUT2D eigenvalue weighted by Crippen LogP contribution is -2.64. The molecule has 1 spiro atoms. The van der Waals surface area contributed by atoms with Gasteiger partial charge in [-0.05, 0) is 77.0 Å². The predicted octanol–water partition coefficient (Wildman–Crippen LogP) is 9.86. The molecular weight excluding hydrogens is 642 g/mol. The molecule has 0 radical (unpaired) electrons. The maximum absolute atomic E-state index is 15.8. The number of hydrogen-bond donors (Lipinski definition) is 0. The van der Waals surface area contributed by atoms with E-state index in [0.717, 1.165) is 37.5 Å². The molecule has 3 aliphatic rings. The highest BCUT2D eigenvalue weighted by atomic mass is 35.5. The van der Waals surface area contributed by atoms with E-state index in [9.17, 15) is 8.42 Å². The van der Waals surface area contributed by atoms with E-state index >= 15 is 4.79 Å². The minimum atomic E-state index is -4.24. The average Bonchev–Trinajstić information content (AvgIpc) is 3.54. The van der Waals surface area contributed by atoms with Crippen LogP contribution in [0.15, 0.2) is 94.5 Å². The number of rotatable bonds is 7. The van der Waals surface area contributed by atoms with Gasteiger partial charge in [0.1, 0.15) is 11.2 Å². The summed E-state index contributed by atoms with van der Waals surface area (Å²) in [5.41, 5.74) is 3.03. The Morgan fingerprint density at radius 1 is 0.872 bits per heavy atom. The van der Waals surface area contributed by atoms with Crippen molar-refractivity contribution in [1.29, 1.82) is 0 Å². The molecule has 248 valence electrons. The van der Waals surface area contributed by atoms with Crippen LogP contribution in [-0.4, -0.2) is 29.0 Å². The Bertz CT molecular complexity index is 1890. The zero-order valence-corrected chi connectivity index (χ0v) is 31.5. The van der Waals surface area contributed by atoms with Crippen LogP contribution >= 0.6 is 11.6 Å². The van der Waals surface area contributed by atoms with Crippen LogP contribution in [0.5, 0.6) is 0 Å². The second-order valence-corrected chi connectivity index (χ2v) is 23.1. The highest BCUT2D eigenvalue weighted by molar-refractivity contribution is 7.93. The fraction of sp³-hybridized carbons (Fsp3) is 0.410. The van der Waals surface area contributed by atoms with Gasteiger partial charge in [0.05, 0.1) is 25.3 Å². The van der Waals surface area contributed by atoms with Gasteiger partial charge in [-0.2, -0.15) is 0 Å². The van der Waals surface area contributed by atoms with Gasteiger partial charge in [-0.1, -0.05) is 114 Å². The van der Waals surface area contributed by atoms with Crippen molar-refractivity contribution in [1.82, 2.24) is 0 Å². The average molecular weight is 688 g/mol. The monoisotopic (exact) mass is 687 g/mol. The van der Waals surface area contributed by atoms with Crippen LogP contribution in [-0.2, 0) is 25.0 Å². The maximum atomic E-state index is 15.8. The number of halogens is 1. The van der Waals surface area contributed by atoms with Crippen LogP contribution in [0.1, 0.15) is 72.1 Å². The van der Waals surface area contributed by atoms with E-state index < -0.39 is 28.9 Å². The molecule has 3 aromatic carbocycles. The Labute approximate surface area is 286 Å². The van der Waals surface area contributed by atoms with Crippen LogP contribution in [0.25, 0.3) is 5.76 Å². The summed E-state index contributed by atoms with van der Waals surface area (Å²) in [6.45, 7) is 20.4. The molecule has 8 heteroatoms. The smallest absolute Gasteiger partial charge is 0.270 e. The van der Waals surface area contributed by atoms with Gasteiger partial charge in [-0.3, -0.25) is 4.79 Å². The molecule has 0 N–H and O–H groups in total. The summed E-state index contributed by atoms with van der Waals surface area (Å²) in [5, 5.41) is 1.76. The first-order valence-corrected chi connectivity index (χ1v) is 20.7. The van der Waals surface area contributed by atoms with Crippen molar-refractivity contribution in [2.45, 2.75) is 89.2 Å². The van der Waals surface area contributed by atoms with E-state index in [1.807, 2.05) is 49.4 Å². The number of fused-ring (bicyclic) bond motifs is 3. The third kappa shape index (κ3) is 4.52. The number of hydrogen-bond acceptors (Lipinski definition) is 4. The van der Waals surface area contributed by atoms with Crippen LogP contribution in [0.3, 0.4) is 0 Å². The quantitative estimate of drug-likeness (QED) is 0.232. The van der Waals surface area contributed by atoms with E-state index in [0.29, 0.717) is 17.3 Å². The van der Waals surface area contributed by atoms with Crippen molar-refractivity contribution >= 4 is 47.1 Å². The number of benzene rings is 3. The molecule has 3 aromatic rings. The van der Waals surface area contributed by atoms with Gasteiger partial charge in [0.2, 0.25) is 0 Å². The molecule has 2 aliphatic heterocycles. The zero-order chi connectivity index (χ0) is 34.3. The lowest BCUT2D eigenvalue weighted by Gasteiger charge is -2.58. The topological polar surface area (TPSA) is 63.7 Å². The Balaban J connectivity index is 1.75. The van der Waals surface area contributed by atoms with Gasteiger partial charge in [-0.25, -0.2) is 12.7 Å². The first-order valence-electron chi connectivity index (χ1n) is 16.7. The lowest BCUT2D eigenvalue weighted by molar-refractivity contribution is -0.125. The molecule has 0 unspecified atom stereocenters. The van der Waals surface area contributed by atoms with E-state index in [2.05, 4.69) is 61.5 Å². The number of carbonyl (C=O) groups is 1. The first-order chi connectivity index (χ1) is 22.0. The van der Waals surface area contributed by atoms with Gasteiger partial charge < -0.3 is 4.74 Å². The second kappa shape index (κ2) is 11.5. The first kappa shape index (κ1) is 33.8. The Hall–Kier alpha value is -3.13. The molecule has 5 nitrogen and oxygen atoms in total. The summed E-state index contributed by atoms with van der Waals surface area (Å²) in [5.74, 6) is 0.275. The molecule has 0 bridgehead atoms. The third-order valence-electron chi connectivity index (χ3n) is 11.6. The van der Waals surface area contributed by atoms with Crippen molar-refractivity contribution in [3.05, 3.63) is 111 Å². The van der Waals surface area contributed by atoms with Crippen molar-refractivity contribution in [2.75, 3.05) is 10.9 Å². The predicted molar refractivity (Wildman–Crippen MR) is 195 cm³/mol. The van der Waals surface area contributed by atoms with Crippen molar-refractivity contribution < 1.29 is 17.9 Å². The van der Waals surface area contributed by atoms with Gasteiger partial charge in [0, 0.05) is 22.1 Å². The van der Waals surface area contributed by atoms with Gasteiger partial charge in [0.15, 0.2) is 0 Å². The van der Waals surface area contributed by atoms with Gasteiger partial charge in [-0.15, -0.1) is 0 Å². The second-order valence-electron chi connectivity index (χ2n) is 15.0. The van der Waals surface area contributed by atoms with E-state index in [-0.39, 0.29) is 33.3 Å². The highest BCUT2D eigenvalue weighted by Crippen LogP contribution is 2.68. The highest BCUT2D eigenvalue weighted by Gasteiger charge is 2.71. The number of nitrogens with zero attached hydrogens (tertiary/aromatic N) is 1. The van der Waals surface area contributed by atoms with E-state index in [1.54, 1.807) is 30.3 Å². The minimum absolute atomic E-state index is 0.109. The van der Waals surface area contributed by atoms with E-state index in [4.69, 9.17) is 16.3 Å². The minimum Gasteiger partial charge on any atom is -0.492 e. The lowest BCUT2D eigenvalue weighted by atomic mass is 9.52. The Kier molecular flexibility index (Phi) is 8.25. The number of aryl methyl sites for hydroxylation is 1. The van der Waals surface area contributed by atoms with Crippen LogP contribution in [0.2, 0.25) is 21.6 Å². The standard InChI is InChI=1S/C39H46ClNO4SSi/c1-24(2)47(25(3)4,26(5)6)35-22-31-33(23-45-36(31)28-16-18-29(40)19-17-28)38(8,9)39(35)32-12-10-11-13-34(32)41(37(39)42)46(43,44)30-20-14-27(7)15-21-30/h10-22,24-26,33H,23H2,1-9H3/t33-,39-/m0/s1. The molecule has 6 rings (SSSR count). The van der Waals surface area contributed by atoms with Crippen molar-refractivity contribution in [3.8, 4) is 0 Å². The number of amides is 1. The van der Waals surface area contributed by atoms with Crippen molar-refractivity contribution in [2.24, 2.45) is 11.3 Å². The maximum Gasteiger partial charge on any atom is 0.270 e. The number of anilines is 1. The molecule has 0 aromatic heterocycles. The molecule has 0 saturated heterocycles. The van der Waals surface area contributed by atoms with Gasteiger partial charge >= 0.3 is 0 Å². The molecule has 1 aliphatic carbocycles. The third-order valence-corrected chi connectivity index (χ3v) is 20.8. The van der Waals surface area contributed by atoms with Crippen LogP contribution < -0.4 is 4.31 Å². The molecule has 0 fully saturated rings. The number of para-hydroxylation sites is 1. The Morgan fingerprint density at radius 2 is 1.45 bits per heavy atom. The summed E-state index contributed by atoms with van der Waals surface area (Å²) in [4.78, 5) is 15.9. The summed E-state index contributed by atoms with van der Waals surface area (Å²) >= 11 is 6.28. The molecule has 1 amide bonds. The SMILES string of the molecule is Cc1ccc(S(=O)(=O)N2C(=O)[C@@]3(C([Si](C(C)C)(C(C)C)C(C)C)=CC4=C(c5ccc(Cl)cc5)OC[C@@H]4C3(C)C)c3ccccc32)cc1. The summed E-state index contributed by atoms with van der Waals surface area (Å²) in [6, 6.07) is 22.1. The van der Waals surface area contributed by atoms with Crippen LogP contribution in [0.4, 0.5) is 5.69 Å². The summed E-state index contributed by atoms with van der Waals surface area (Å²) < 4.78 is 37.0. The molecular formula is C39H46ClNO4SSi. The number of sulfonamides is 1. The van der Waals surface area contributed by atoms with E-state index in [1.165, 1.54) is 0 Å². The van der Waals surface area contributed by atoms with Gasteiger partial charge in [0.25, 0.3) is 15.9 Å². The fourth-order valence-corrected chi connectivity index (χ4v) is 18.7. The molecule has 0 saturated carbocycles.